The first-order valence-corrected chi connectivity index (χ1v) is 6.82. The number of carbonyl (C=O) groups excluding carboxylic acids is 1. The molecule has 0 saturated carbocycles. The summed E-state index contributed by atoms with van der Waals surface area (Å²) in [5.41, 5.74) is 8.36. The van der Waals surface area contributed by atoms with Crippen molar-refractivity contribution in [2.75, 3.05) is 18.2 Å². The molecule has 0 aliphatic rings. The highest BCUT2D eigenvalue weighted by molar-refractivity contribution is 9.10. The lowest BCUT2D eigenvalue weighted by Crippen LogP contribution is -2.14. The summed E-state index contributed by atoms with van der Waals surface area (Å²) >= 11 is 3.42. The Bertz CT molecular complexity index is 656. The summed E-state index contributed by atoms with van der Waals surface area (Å²) < 4.78 is 6.11. The van der Waals surface area contributed by atoms with Crippen molar-refractivity contribution in [3.05, 3.63) is 52.0 Å². The minimum atomic E-state index is -0.188. The van der Waals surface area contributed by atoms with E-state index in [2.05, 4.69) is 21.2 Å². The van der Waals surface area contributed by atoms with Gasteiger partial charge in [0.05, 0.1) is 12.8 Å². The lowest BCUT2D eigenvalue weighted by molar-refractivity contribution is 0.102. The van der Waals surface area contributed by atoms with Gasteiger partial charge in [-0.3, -0.25) is 4.79 Å². The fraction of sp³-hybridized carbons (Fsp3) is 0.133. The van der Waals surface area contributed by atoms with E-state index < -0.39 is 0 Å². The lowest BCUT2D eigenvalue weighted by atomic mass is 10.1. The molecule has 20 heavy (non-hydrogen) atoms. The third kappa shape index (κ3) is 2.93. The third-order valence-electron chi connectivity index (χ3n) is 2.99. The Kier molecular flexibility index (Phi) is 4.29. The van der Waals surface area contributed by atoms with Gasteiger partial charge in [0.1, 0.15) is 5.75 Å². The Morgan fingerprint density at radius 3 is 2.75 bits per heavy atom. The zero-order valence-electron chi connectivity index (χ0n) is 11.2. The molecule has 0 aliphatic heterocycles. The van der Waals surface area contributed by atoms with E-state index in [1.807, 2.05) is 19.1 Å². The van der Waals surface area contributed by atoms with E-state index in [-0.39, 0.29) is 5.91 Å². The highest BCUT2D eigenvalue weighted by atomic mass is 79.9. The summed E-state index contributed by atoms with van der Waals surface area (Å²) in [6.45, 7) is 1.89. The van der Waals surface area contributed by atoms with E-state index in [1.54, 1.807) is 24.3 Å². The van der Waals surface area contributed by atoms with Crippen LogP contribution in [0.15, 0.2) is 40.9 Å². The van der Waals surface area contributed by atoms with Crippen molar-refractivity contribution < 1.29 is 9.53 Å². The average Bonchev–Trinajstić information content (AvgIpc) is 2.43. The number of nitrogens with one attached hydrogen (secondary N) is 1. The molecule has 104 valence electrons. The number of benzene rings is 2. The first kappa shape index (κ1) is 14.4. The van der Waals surface area contributed by atoms with Crippen molar-refractivity contribution in [2.45, 2.75) is 6.92 Å². The maximum atomic E-state index is 12.3. The number of halogens is 1. The maximum absolute atomic E-state index is 12.3. The lowest BCUT2D eigenvalue weighted by Gasteiger charge is -2.12. The SMILES string of the molecule is COc1cc(N)ccc1NC(=O)c1cccc(Br)c1C. The molecule has 2 aromatic rings. The second-order valence-electron chi connectivity index (χ2n) is 4.33. The molecule has 0 bridgehead atoms. The number of methoxy groups -OCH3 is 1. The van der Waals surface area contributed by atoms with Crippen LogP contribution in [0.25, 0.3) is 0 Å². The van der Waals surface area contributed by atoms with E-state index in [1.165, 1.54) is 7.11 Å². The summed E-state index contributed by atoms with van der Waals surface area (Å²) in [7, 11) is 1.54. The Labute approximate surface area is 126 Å². The molecule has 2 aromatic carbocycles. The molecule has 0 atom stereocenters. The molecule has 0 aromatic heterocycles. The summed E-state index contributed by atoms with van der Waals surface area (Å²) in [6.07, 6.45) is 0. The van der Waals surface area contributed by atoms with Crippen LogP contribution in [0.4, 0.5) is 11.4 Å². The predicted molar refractivity (Wildman–Crippen MR) is 84.2 cm³/mol. The van der Waals surface area contributed by atoms with Gasteiger partial charge in [-0.2, -0.15) is 0 Å². The summed E-state index contributed by atoms with van der Waals surface area (Å²) in [5, 5.41) is 2.83. The summed E-state index contributed by atoms with van der Waals surface area (Å²) in [4.78, 5) is 12.3. The van der Waals surface area contributed by atoms with Gasteiger partial charge in [0.25, 0.3) is 5.91 Å². The monoisotopic (exact) mass is 334 g/mol. The molecular formula is C15H15BrN2O2. The van der Waals surface area contributed by atoms with Crippen LogP contribution >= 0.6 is 15.9 Å². The quantitative estimate of drug-likeness (QED) is 0.843. The molecule has 5 heteroatoms. The van der Waals surface area contributed by atoms with E-state index >= 15 is 0 Å². The van der Waals surface area contributed by atoms with Crippen LogP contribution in [0, 0.1) is 6.92 Å². The van der Waals surface area contributed by atoms with Crippen LogP contribution in [0.1, 0.15) is 15.9 Å². The van der Waals surface area contributed by atoms with Gasteiger partial charge in [-0.15, -0.1) is 0 Å². The molecule has 3 N–H and O–H groups in total. The van der Waals surface area contributed by atoms with Crippen LogP contribution < -0.4 is 15.8 Å². The molecule has 2 rings (SSSR count). The fourth-order valence-electron chi connectivity index (χ4n) is 1.85. The summed E-state index contributed by atoms with van der Waals surface area (Å²) in [6, 6.07) is 10.6. The van der Waals surface area contributed by atoms with Gasteiger partial charge < -0.3 is 15.8 Å². The van der Waals surface area contributed by atoms with Gasteiger partial charge in [0, 0.05) is 21.8 Å². The topological polar surface area (TPSA) is 64.3 Å². The Morgan fingerprint density at radius 1 is 1.30 bits per heavy atom. The Morgan fingerprint density at radius 2 is 2.05 bits per heavy atom. The van der Waals surface area contributed by atoms with Gasteiger partial charge in [-0.05, 0) is 36.8 Å². The third-order valence-corrected chi connectivity index (χ3v) is 3.85. The summed E-state index contributed by atoms with van der Waals surface area (Å²) in [5.74, 6) is 0.345. The molecule has 0 heterocycles. The standard InChI is InChI=1S/C15H15BrN2O2/c1-9-11(4-3-5-12(9)16)15(19)18-13-7-6-10(17)8-14(13)20-2/h3-8H,17H2,1-2H3,(H,18,19). The number of rotatable bonds is 3. The molecule has 0 fully saturated rings. The molecule has 1 amide bonds. The molecular weight excluding hydrogens is 320 g/mol. The molecule has 0 unspecified atom stereocenters. The first-order valence-electron chi connectivity index (χ1n) is 6.03. The minimum absolute atomic E-state index is 0.188. The van der Waals surface area contributed by atoms with Crippen LogP contribution in [0.3, 0.4) is 0 Å². The van der Waals surface area contributed by atoms with Gasteiger partial charge >= 0.3 is 0 Å². The highest BCUT2D eigenvalue weighted by Gasteiger charge is 2.13. The van der Waals surface area contributed by atoms with Gasteiger partial charge in [-0.1, -0.05) is 22.0 Å². The molecule has 0 spiro atoms. The van der Waals surface area contributed by atoms with E-state index in [4.69, 9.17) is 10.5 Å². The molecule has 0 saturated heterocycles. The van der Waals surface area contributed by atoms with E-state index in [9.17, 15) is 4.79 Å². The number of nitrogens with two attached hydrogens (primary N) is 1. The normalized spacial score (nSPS) is 10.2. The van der Waals surface area contributed by atoms with Crippen molar-refractivity contribution in [3.8, 4) is 5.75 Å². The zero-order valence-corrected chi connectivity index (χ0v) is 12.8. The number of ether oxygens (including phenoxy) is 1. The highest BCUT2D eigenvalue weighted by Crippen LogP contribution is 2.28. The van der Waals surface area contributed by atoms with Crippen LogP contribution in [-0.4, -0.2) is 13.0 Å². The number of amides is 1. The van der Waals surface area contributed by atoms with E-state index in [0.717, 1.165) is 10.0 Å². The van der Waals surface area contributed by atoms with Crippen molar-refractivity contribution in [1.29, 1.82) is 0 Å². The largest absolute Gasteiger partial charge is 0.494 e. The Hall–Kier alpha value is -2.01. The average molecular weight is 335 g/mol. The van der Waals surface area contributed by atoms with Crippen molar-refractivity contribution in [3.63, 3.8) is 0 Å². The second-order valence-corrected chi connectivity index (χ2v) is 5.18. The van der Waals surface area contributed by atoms with Gasteiger partial charge in [0.2, 0.25) is 0 Å². The van der Waals surface area contributed by atoms with E-state index in [0.29, 0.717) is 22.7 Å². The van der Waals surface area contributed by atoms with Gasteiger partial charge in [-0.25, -0.2) is 0 Å². The zero-order chi connectivity index (χ0) is 14.7. The Balaban J connectivity index is 2.30. The fourth-order valence-corrected chi connectivity index (χ4v) is 2.22. The maximum Gasteiger partial charge on any atom is 0.256 e. The van der Waals surface area contributed by atoms with Crippen LogP contribution in [0.5, 0.6) is 5.75 Å². The van der Waals surface area contributed by atoms with Gasteiger partial charge in [0.15, 0.2) is 0 Å². The molecule has 0 aliphatic carbocycles. The smallest absolute Gasteiger partial charge is 0.256 e. The van der Waals surface area contributed by atoms with Crippen molar-refractivity contribution in [2.24, 2.45) is 0 Å². The number of hydrogen-bond acceptors (Lipinski definition) is 3. The number of nitrogen functional groups attached to an aromatic ring is 1. The number of anilines is 2. The predicted octanol–water partition coefficient (Wildman–Crippen LogP) is 3.60. The number of hydrogen-bond donors (Lipinski definition) is 2. The number of carbonyl (C=O) groups is 1. The van der Waals surface area contributed by atoms with Crippen LogP contribution in [-0.2, 0) is 0 Å². The van der Waals surface area contributed by atoms with Crippen LogP contribution in [0.2, 0.25) is 0 Å². The molecule has 4 nitrogen and oxygen atoms in total. The first-order chi connectivity index (χ1) is 9.52. The molecule has 0 radical (unpaired) electrons. The minimum Gasteiger partial charge on any atom is -0.494 e. The second kappa shape index (κ2) is 5.96. The van der Waals surface area contributed by atoms with Crippen molar-refractivity contribution >= 4 is 33.2 Å². The van der Waals surface area contributed by atoms with Crippen molar-refractivity contribution in [1.82, 2.24) is 0 Å².